The minimum absolute atomic E-state index is 0.132. The molecule has 42 heavy (non-hydrogen) atoms. The van der Waals surface area contributed by atoms with Gasteiger partial charge in [0.25, 0.3) is 0 Å². The molecule has 1 N–H and O–H groups in total. The monoisotopic (exact) mass is 594 g/mol. The number of rotatable bonds is 11. The number of hydrogen-bond donors (Lipinski definition) is 1. The first-order valence-corrected chi connectivity index (χ1v) is 16.1. The molecule has 0 amide bonds. The lowest BCUT2D eigenvalue weighted by molar-refractivity contribution is -0.109. The van der Waals surface area contributed by atoms with Crippen molar-refractivity contribution in [2.75, 3.05) is 50.9 Å². The topological polar surface area (TPSA) is 60.0 Å². The van der Waals surface area contributed by atoms with Gasteiger partial charge in [-0.2, -0.15) is 11.8 Å². The van der Waals surface area contributed by atoms with E-state index in [4.69, 9.17) is 14.2 Å². The number of halogens is 1. The Morgan fingerprint density at radius 1 is 1.10 bits per heavy atom. The number of fused-ring (bicyclic) bond motifs is 1. The average Bonchev–Trinajstić information content (AvgIpc) is 3.66. The Kier molecular flexibility index (Phi) is 11.5. The summed E-state index contributed by atoms with van der Waals surface area (Å²) in [5.41, 5.74) is 6.86. The van der Waals surface area contributed by atoms with Gasteiger partial charge in [-0.1, -0.05) is 32.0 Å². The fourth-order valence-corrected chi connectivity index (χ4v) is 6.23. The maximum atomic E-state index is 13.1. The summed E-state index contributed by atoms with van der Waals surface area (Å²) in [6, 6.07) is 15.9. The molecule has 2 aliphatic heterocycles. The number of aryl methyl sites for hydroxylation is 2. The third-order valence-electron chi connectivity index (χ3n) is 8.08. The van der Waals surface area contributed by atoms with Crippen molar-refractivity contribution in [3.63, 3.8) is 0 Å². The van der Waals surface area contributed by atoms with Gasteiger partial charge in [0, 0.05) is 31.1 Å². The van der Waals surface area contributed by atoms with E-state index < -0.39 is 0 Å². The molecular weight excluding hydrogens is 551 g/mol. The molecule has 0 radical (unpaired) electrons. The number of ether oxygens (including phenoxy) is 3. The van der Waals surface area contributed by atoms with Crippen molar-refractivity contribution in [3.05, 3.63) is 82.2 Å². The number of hydrogen-bond acceptors (Lipinski definition) is 7. The first kappa shape index (κ1) is 31.7. The minimum atomic E-state index is -0.132. The van der Waals surface area contributed by atoms with Crippen LogP contribution in [0.3, 0.4) is 0 Å². The Morgan fingerprint density at radius 2 is 1.81 bits per heavy atom. The molecule has 2 heterocycles. The van der Waals surface area contributed by atoms with Crippen LogP contribution in [0.15, 0.2) is 48.5 Å². The molecule has 0 unspecified atom stereocenters. The first-order valence-electron chi connectivity index (χ1n) is 14.7. The lowest BCUT2D eigenvalue weighted by Crippen LogP contribution is -2.25. The van der Waals surface area contributed by atoms with E-state index in [0.717, 1.165) is 77.5 Å². The number of benzene rings is 3. The maximum Gasteiger partial charge on any atom is 0.231 e. The smallest absolute Gasteiger partial charge is 0.231 e. The molecular formula is C34H43FN2O4S. The normalized spacial score (nSPS) is 17.5. The molecule has 0 saturated carbocycles. The third-order valence-corrected chi connectivity index (χ3v) is 8.66. The van der Waals surface area contributed by atoms with Crippen LogP contribution in [-0.4, -0.2) is 56.7 Å². The summed E-state index contributed by atoms with van der Waals surface area (Å²) in [6.07, 6.45) is 5.77. The van der Waals surface area contributed by atoms with Gasteiger partial charge in [0.2, 0.25) is 6.79 Å². The van der Waals surface area contributed by atoms with Crippen molar-refractivity contribution in [2.45, 2.75) is 52.0 Å². The Morgan fingerprint density at radius 3 is 2.43 bits per heavy atom. The van der Waals surface area contributed by atoms with Crippen molar-refractivity contribution >= 4 is 23.7 Å². The molecule has 5 rings (SSSR count). The second-order valence-corrected chi connectivity index (χ2v) is 11.5. The highest BCUT2D eigenvalue weighted by molar-refractivity contribution is 7.98. The summed E-state index contributed by atoms with van der Waals surface area (Å²) in [4.78, 5) is 13.6. The molecule has 3 aromatic rings. The van der Waals surface area contributed by atoms with E-state index in [1.54, 1.807) is 23.9 Å². The molecule has 0 bridgehead atoms. The van der Waals surface area contributed by atoms with Gasteiger partial charge in [-0.05, 0) is 96.5 Å². The van der Waals surface area contributed by atoms with Crippen molar-refractivity contribution in [3.8, 4) is 17.2 Å². The lowest BCUT2D eigenvalue weighted by atomic mass is 9.90. The van der Waals surface area contributed by atoms with Gasteiger partial charge in [0.15, 0.2) is 11.5 Å². The Labute approximate surface area is 253 Å². The highest BCUT2D eigenvalue weighted by Gasteiger charge is 2.35. The number of nitrogens with zero attached hydrogens (tertiary/aromatic N) is 1. The first-order chi connectivity index (χ1) is 20.4. The Bertz CT molecular complexity index is 1310. The standard InChI is InChI=1S/C23H27NO4S.C11H16FN/c1-16-20(7-8-22-23(16)28-15-27-22)18-13-21(24(14-18)9-10-25)17-3-5-19(6-4-17)26-11-12-29-2;1-4-8-6-10(12)7-9(5-2)11(8)13-3/h3-8,10,18,21H,9,11-15H2,1-2H3;6-7,13H,4-5H2,1-3H3/t18-,21-;/m1./s1. The van der Waals surface area contributed by atoms with Crippen LogP contribution in [0.2, 0.25) is 0 Å². The Hall–Kier alpha value is -3.23. The Balaban J connectivity index is 0.000000262. The van der Waals surface area contributed by atoms with Gasteiger partial charge in [-0.3, -0.25) is 4.90 Å². The summed E-state index contributed by atoms with van der Waals surface area (Å²) in [6.45, 7) is 8.47. The number of likely N-dealkylation sites (tertiary alicyclic amines) is 1. The van der Waals surface area contributed by atoms with Crippen molar-refractivity contribution < 1.29 is 23.4 Å². The highest BCUT2D eigenvalue weighted by Crippen LogP contribution is 2.45. The van der Waals surface area contributed by atoms with Crippen molar-refractivity contribution in [1.82, 2.24) is 4.90 Å². The molecule has 0 aromatic heterocycles. The van der Waals surface area contributed by atoms with Crippen LogP contribution in [0.4, 0.5) is 10.1 Å². The fourth-order valence-electron chi connectivity index (χ4n) is 5.98. The molecule has 2 aliphatic rings. The van der Waals surface area contributed by atoms with Crippen LogP contribution in [0.5, 0.6) is 17.2 Å². The third kappa shape index (κ3) is 7.39. The van der Waals surface area contributed by atoms with Crippen LogP contribution in [-0.2, 0) is 17.6 Å². The SMILES string of the molecule is CCc1cc(F)cc(CC)c1NC.CSCCOc1ccc([C@H]2C[C@@H](c3ccc4c(c3C)OCO4)CN2CC=O)cc1. The van der Waals surface area contributed by atoms with Gasteiger partial charge in [0.1, 0.15) is 17.9 Å². The number of nitrogens with one attached hydrogen (secondary N) is 1. The van der Waals surface area contributed by atoms with Crippen LogP contribution >= 0.6 is 11.8 Å². The fraction of sp³-hybridized carbons (Fsp3) is 0.441. The zero-order chi connectivity index (χ0) is 30.1. The molecule has 1 saturated heterocycles. The van der Waals surface area contributed by atoms with E-state index in [1.165, 1.54) is 11.1 Å². The van der Waals surface area contributed by atoms with E-state index >= 15 is 0 Å². The van der Waals surface area contributed by atoms with E-state index in [0.29, 0.717) is 19.1 Å². The van der Waals surface area contributed by atoms with E-state index in [-0.39, 0.29) is 18.7 Å². The van der Waals surface area contributed by atoms with E-state index in [1.807, 2.05) is 39.1 Å². The van der Waals surface area contributed by atoms with Gasteiger partial charge in [-0.25, -0.2) is 4.39 Å². The molecule has 2 atom stereocenters. The predicted octanol–water partition coefficient (Wildman–Crippen LogP) is 7.19. The largest absolute Gasteiger partial charge is 0.493 e. The molecule has 6 nitrogen and oxygen atoms in total. The molecule has 8 heteroatoms. The number of carbonyl (C=O) groups is 1. The number of carbonyl (C=O) groups excluding carboxylic acids is 1. The molecule has 0 aliphatic carbocycles. The minimum Gasteiger partial charge on any atom is -0.493 e. The lowest BCUT2D eigenvalue weighted by Gasteiger charge is -2.22. The summed E-state index contributed by atoms with van der Waals surface area (Å²) in [5, 5.41) is 3.13. The van der Waals surface area contributed by atoms with Gasteiger partial charge < -0.3 is 24.3 Å². The number of anilines is 1. The van der Waals surface area contributed by atoms with Crippen LogP contribution in [0.25, 0.3) is 0 Å². The summed E-state index contributed by atoms with van der Waals surface area (Å²) >= 11 is 1.78. The van der Waals surface area contributed by atoms with Crippen molar-refractivity contribution in [1.29, 1.82) is 0 Å². The zero-order valence-corrected chi connectivity index (χ0v) is 26.2. The average molecular weight is 595 g/mol. The molecule has 0 spiro atoms. The van der Waals surface area contributed by atoms with Gasteiger partial charge in [0.05, 0.1) is 13.2 Å². The molecule has 1 fully saturated rings. The molecule has 3 aromatic carbocycles. The van der Waals surface area contributed by atoms with E-state index in [2.05, 4.69) is 41.6 Å². The number of aldehydes is 1. The highest BCUT2D eigenvalue weighted by atomic mass is 32.2. The molecule has 226 valence electrons. The van der Waals surface area contributed by atoms with E-state index in [9.17, 15) is 9.18 Å². The predicted molar refractivity (Wildman–Crippen MR) is 170 cm³/mol. The summed E-state index contributed by atoms with van der Waals surface area (Å²) in [7, 11) is 1.88. The number of thioether (sulfide) groups is 1. The second kappa shape index (κ2) is 15.3. The van der Waals surface area contributed by atoms with Crippen LogP contribution in [0.1, 0.15) is 60.0 Å². The zero-order valence-electron chi connectivity index (χ0n) is 25.4. The second-order valence-electron chi connectivity index (χ2n) is 10.5. The summed E-state index contributed by atoms with van der Waals surface area (Å²) in [5.74, 6) is 3.78. The van der Waals surface area contributed by atoms with Crippen LogP contribution in [0, 0.1) is 12.7 Å². The summed E-state index contributed by atoms with van der Waals surface area (Å²) < 4.78 is 30.0. The van der Waals surface area contributed by atoms with Crippen LogP contribution < -0.4 is 19.5 Å². The van der Waals surface area contributed by atoms with Gasteiger partial charge in [-0.15, -0.1) is 0 Å². The van der Waals surface area contributed by atoms with Gasteiger partial charge >= 0.3 is 0 Å². The van der Waals surface area contributed by atoms with Crippen molar-refractivity contribution in [2.24, 2.45) is 0 Å². The quantitative estimate of drug-likeness (QED) is 0.186. The maximum absolute atomic E-state index is 13.1.